The molecule has 0 saturated heterocycles. The van der Waals surface area contributed by atoms with E-state index < -0.39 is 0 Å². The van der Waals surface area contributed by atoms with Crippen molar-refractivity contribution in [1.29, 1.82) is 0 Å². The second-order valence-corrected chi connectivity index (χ2v) is 5.05. The predicted octanol–water partition coefficient (Wildman–Crippen LogP) is 4.14. The SMILES string of the molecule is CCCCN(CCNc1ccccc1F)C(C)CC. The van der Waals surface area contributed by atoms with Crippen LogP contribution in [0.4, 0.5) is 10.1 Å². The van der Waals surface area contributed by atoms with Gasteiger partial charge in [0.05, 0.1) is 5.69 Å². The minimum Gasteiger partial charge on any atom is -0.381 e. The summed E-state index contributed by atoms with van der Waals surface area (Å²) in [5.74, 6) is -0.175. The Labute approximate surface area is 117 Å². The molecule has 0 aromatic heterocycles. The van der Waals surface area contributed by atoms with Crippen LogP contribution in [0.2, 0.25) is 0 Å². The Balaban J connectivity index is 2.41. The lowest BCUT2D eigenvalue weighted by Gasteiger charge is -2.28. The van der Waals surface area contributed by atoms with Crippen molar-refractivity contribution >= 4 is 5.69 Å². The number of halogens is 1. The van der Waals surface area contributed by atoms with E-state index >= 15 is 0 Å². The summed E-state index contributed by atoms with van der Waals surface area (Å²) in [6, 6.07) is 7.44. The molecule has 0 aliphatic heterocycles. The van der Waals surface area contributed by atoms with E-state index in [-0.39, 0.29) is 5.82 Å². The lowest BCUT2D eigenvalue weighted by atomic mass is 10.2. The Morgan fingerprint density at radius 1 is 1.21 bits per heavy atom. The second kappa shape index (κ2) is 8.92. The van der Waals surface area contributed by atoms with Crippen LogP contribution >= 0.6 is 0 Å². The van der Waals surface area contributed by atoms with Gasteiger partial charge in [0, 0.05) is 19.1 Å². The summed E-state index contributed by atoms with van der Waals surface area (Å²) in [6.07, 6.45) is 3.60. The van der Waals surface area contributed by atoms with Gasteiger partial charge >= 0.3 is 0 Å². The number of unbranched alkanes of at least 4 members (excludes halogenated alkanes) is 1. The predicted molar refractivity (Wildman–Crippen MR) is 81.1 cm³/mol. The Kier molecular flexibility index (Phi) is 7.49. The van der Waals surface area contributed by atoms with Crippen molar-refractivity contribution in [1.82, 2.24) is 4.90 Å². The van der Waals surface area contributed by atoms with E-state index in [0.717, 1.165) is 26.1 Å². The summed E-state index contributed by atoms with van der Waals surface area (Å²) in [5.41, 5.74) is 0.599. The summed E-state index contributed by atoms with van der Waals surface area (Å²) in [4.78, 5) is 2.48. The molecule has 0 amide bonds. The van der Waals surface area contributed by atoms with Gasteiger partial charge in [-0.2, -0.15) is 0 Å². The minimum absolute atomic E-state index is 0.175. The van der Waals surface area contributed by atoms with E-state index in [4.69, 9.17) is 0 Å². The molecule has 3 heteroatoms. The maximum absolute atomic E-state index is 13.5. The molecule has 0 aliphatic carbocycles. The van der Waals surface area contributed by atoms with Gasteiger partial charge in [-0.15, -0.1) is 0 Å². The molecule has 108 valence electrons. The molecule has 0 bridgehead atoms. The van der Waals surface area contributed by atoms with E-state index in [2.05, 4.69) is 31.0 Å². The Morgan fingerprint density at radius 3 is 2.58 bits per heavy atom. The summed E-state index contributed by atoms with van der Waals surface area (Å²) >= 11 is 0. The van der Waals surface area contributed by atoms with Crippen LogP contribution in [0.15, 0.2) is 24.3 Å². The minimum atomic E-state index is -0.175. The van der Waals surface area contributed by atoms with E-state index in [1.54, 1.807) is 12.1 Å². The molecule has 1 aromatic rings. The molecule has 0 heterocycles. The molecule has 0 saturated carbocycles. The van der Waals surface area contributed by atoms with Crippen LogP contribution in [0.1, 0.15) is 40.0 Å². The highest BCUT2D eigenvalue weighted by atomic mass is 19.1. The van der Waals surface area contributed by atoms with Gasteiger partial charge in [0.15, 0.2) is 0 Å². The first-order valence-corrected chi connectivity index (χ1v) is 7.41. The van der Waals surface area contributed by atoms with Crippen LogP contribution in [0.25, 0.3) is 0 Å². The highest BCUT2D eigenvalue weighted by Crippen LogP contribution is 2.12. The molecule has 0 spiro atoms. The van der Waals surface area contributed by atoms with Crippen LogP contribution in [-0.4, -0.2) is 30.6 Å². The number of nitrogens with one attached hydrogen (secondary N) is 1. The van der Waals surface area contributed by atoms with Crippen LogP contribution in [-0.2, 0) is 0 Å². The van der Waals surface area contributed by atoms with E-state index in [1.165, 1.54) is 18.9 Å². The normalized spacial score (nSPS) is 12.7. The van der Waals surface area contributed by atoms with Crippen molar-refractivity contribution in [3.05, 3.63) is 30.1 Å². The lowest BCUT2D eigenvalue weighted by molar-refractivity contribution is 0.208. The van der Waals surface area contributed by atoms with E-state index in [1.807, 2.05) is 6.07 Å². The summed E-state index contributed by atoms with van der Waals surface area (Å²) in [5, 5.41) is 3.18. The first kappa shape index (κ1) is 16.0. The van der Waals surface area contributed by atoms with Crippen molar-refractivity contribution in [3.63, 3.8) is 0 Å². The van der Waals surface area contributed by atoms with Gasteiger partial charge in [0.1, 0.15) is 5.82 Å². The van der Waals surface area contributed by atoms with Gasteiger partial charge in [-0.05, 0) is 38.4 Å². The van der Waals surface area contributed by atoms with Crippen molar-refractivity contribution < 1.29 is 4.39 Å². The summed E-state index contributed by atoms with van der Waals surface area (Å²) in [6.45, 7) is 9.57. The van der Waals surface area contributed by atoms with Gasteiger partial charge in [-0.25, -0.2) is 4.39 Å². The average Bonchev–Trinajstić information content (AvgIpc) is 2.43. The van der Waals surface area contributed by atoms with Crippen molar-refractivity contribution in [2.45, 2.75) is 46.1 Å². The molecule has 0 aliphatic rings. The van der Waals surface area contributed by atoms with Gasteiger partial charge in [-0.3, -0.25) is 4.90 Å². The number of hydrogen-bond acceptors (Lipinski definition) is 2. The van der Waals surface area contributed by atoms with E-state index in [9.17, 15) is 4.39 Å². The maximum atomic E-state index is 13.5. The fourth-order valence-electron chi connectivity index (χ4n) is 2.11. The third-order valence-corrected chi connectivity index (χ3v) is 3.60. The number of benzene rings is 1. The first-order valence-electron chi connectivity index (χ1n) is 7.41. The molecular formula is C16H27FN2. The number of hydrogen-bond donors (Lipinski definition) is 1. The highest BCUT2D eigenvalue weighted by Gasteiger charge is 2.11. The number of para-hydroxylation sites is 1. The van der Waals surface area contributed by atoms with Gasteiger partial charge in [0.2, 0.25) is 0 Å². The average molecular weight is 266 g/mol. The molecule has 0 fully saturated rings. The lowest BCUT2D eigenvalue weighted by Crippen LogP contribution is -2.37. The molecule has 1 aromatic carbocycles. The Morgan fingerprint density at radius 2 is 1.95 bits per heavy atom. The van der Waals surface area contributed by atoms with Crippen LogP contribution in [0.5, 0.6) is 0 Å². The number of nitrogens with zero attached hydrogens (tertiary/aromatic N) is 1. The molecule has 2 nitrogen and oxygen atoms in total. The third-order valence-electron chi connectivity index (χ3n) is 3.60. The Bertz CT molecular complexity index is 354. The van der Waals surface area contributed by atoms with Gasteiger partial charge < -0.3 is 5.32 Å². The third kappa shape index (κ3) is 5.60. The zero-order valence-electron chi connectivity index (χ0n) is 12.5. The topological polar surface area (TPSA) is 15.3 Å². The summed E-state index contributed by atoms with van der Waals surface area (Å²) < 4.78 is 13.5. The maximum Gasteiger partial charge on any atom is 0.146 e. The molecule has 0 radical (unpaired) electrons. The fourth-order valence-corrected chi connectivity index (χ4v) is 2.11. The monoisotopic (exact) mass is 266 g/mol. The van der Waals surface area contributed by atoms with Crippen LogP contribution < -0.4 is 5.32 Å². The number of rotatable bonds is 9. The van der Waals surface area contributed by atoms with Gasteiger partial charge in [0.25, 0.3) is 0 Å². The van der Waals surface area contributed by atoms with Crippen molar-refractivity contribution in [3.8, 4) is 0 Å². The molecule has 1 atom stereocenters. The molecule has 1 rings (SSSR count). The molecule has 1 N–H and O–H groups in total. The van der Waals surface area contributed by atoms with Crippen LogP contribution in [0.3, 0.4) is 0 Å². The number of anilines is 1. The fraction of sp³-hybridized carbons (Fsp3) is 0.625. The molecule has 1 unspecified atom stereocenters. The van der Waals surface area contributed by atoms with Gasteiger partial charge in [-0.1, -0.05) is 32.4 Å². The largest absolute Gasteiger partial charge is 0.381 e. The first-order chi connectivity index (χ1) is 9.19. The molecular weight excluding hydrogens is 239 g/mol. The van der Waals surface area contributed by atoms with E-state index in [0.29, 0.717) is 11.7 Å². The molecule has 19 heavy (non-hydrogen) atoms. The van der Waals surface area contributed by atoms with Crippen molar-refractivity contribution in [2.75, 3.05) is 25.0 Å². The Hall–Kier alpha value is -1.09. The second-order valence-electron chi connectivity index (χ2n) is 5.05. The van der Waals surface area contributed by atoms with Crippen LogP contribution in [0, 0.1) is 5.82 Å². The highest BCUT2D eigenvalue weighted by molar-refractivity contribution is 5.44. The summed E-state index contributed by atoms with van der Waals surface area (Å²) in [7, 11) is 0. The smallest absolute Gasteiger partial charge is 0.146 e. The zero-order chi connectivity index (χ0) is 14.1. The quantitative estimate of drug-likeness (QED) is 0.722. The zero-order valence-corrected chi connectivity index (χ0v) is 12.5. The van der Waals surface area contributed by atoms with Crippen molar-refractivity contribution in [2.24, 2.45) is 0 Å². The standard InChI is InChI=1S/C16H27FN2/c1-4-6-12-19(14(3)5-2)13-11-18-16-10-8-7-9-15(16)17/h7-10,14,18H,4-6,11-13H2,1-3H3.